The lowest BCUT2D eigenvalue weighted by molar-refractivity contribution is 0.577. The van der Waals surface area contributed by atoms with Crippen LogP contribution in [0.1, 0.15) is 0 Å². The van der Waals surface area contributed by atoms with Crippen LogP contribution in [0.4, 0.5) is 0 Å². The van der Waals surface area contributed by atoms with Crippen LogP contribution in [-0.2, 0) is 7.05 Å². The van der Waals surface area contributed by atoms with Crippen LogP contribution in [0.15, 0.2) is 59.3 Å². The minimum absolute atomic E-state index is 0.835. The highest BCUT2D eigenvalue weighted by atomic mass is 16.3. The van der Waals surface area contributed by atoms with Crippen molar-refractivity contribution in [3.63, 3.8) is 0 Å². The number of rotatable bonds is 2. The largest absolute Gasteiger partial charge is 0.463 e. The van der Waals surface area contributed by atoms with E-state index < -0.39 is 0 Å². The Morgan fingerprint density at radius 2 is 1.88 bits per heavy atom. The summed E-state index contributed by atoms with van der Waals surface area (Å²) in [6.45, 7) is 0. The quantitative estimate of drug-likeness (QED) is 0.668. The van der Waals surface area contributed by atoms with E-state index in [-0.39, 0.29) is 0 Å². The molecule has 0 saturated carbocycles. The van der Waals surface area contributed by atoms with Crippen molar-refractivity contribution >= 4 is 0 Å². The molecule has 3 aromatic rings. The average Bonchev–Trinajstić information content (AvgIpc) is 2.99. The summed E-state index contributed by atoms with van der Waals surface area (Å²) in [6, 6.07) is 13.9. The Labute approximate surface area is 99.3 Å². The number of hydrogen-bond donors (Lipinski definition) is 0. The molecule has 0 fully saturated rings. The summed E-state index contributed by atoms with van der Waals surface area (Å²) >= 11 is 0. The first kappa shape index (κ1) is 9.90. The second-order valence-electron chi connectivity index (χ2n) is 3.87. The zero-order chi connectivity index (χ0) is 11.7. The van der Waals surface area contributed by atoms with Crippen molar-refractivity contribution < 1.29 is 4.42 Å². The fourth-order valence-corrected chi connectivity index (χ4v) is 1.92. The summed E-state index contributed by atoms with van der Waals surface area (Å²) in [5.41, 5.74) is 2.08. The third-order valence-electron chi connectivity index (χ3n) is 2.79. The molecule has 2 aromatic heterocycles. The van der Waals surface area contributed by atoms with Gasteiger partial charge in [-0.15, -0.1) is 0 Å². The first-order valence-electron chi connectivity index (χ1n) is 5.47. The molecule has 0 aliphatic heterocycles. The van der Waals surface area contributed by atoms with Gasteiger partial charge in [0.25, 0.3) is 0 Å². The molecule has 1 aromatic carbocycles. The van der Waals surface area contributed by atoms with Gasteiger partial charge in [0.15, 0.2) is 5.76 Å². The summed E-state index contributed by atoms with van der Waals surface area (Å²) in [6.07, 6.45) is 3.51. The zero-order valence-corrected chi connectivity index (χ0v) is 9.50. The molecule has 3 rings (SSSR count). The molecule has 0 aliphatic carbocycles. The Bertz CT molecular complexity index is 609. The molecule has 0 unspecified atom stereocenters. The molecule has 17 heavy (non-hydrogen) atoms. The summed E-state index contributed by atoms with van der Waals surface area (Å²) in [7, 11) is 1.99. The first-order chi connectivity index (χ1) is 8.36. The van der Waals surface area contributed by atoms with Gasteiger partial charge < -0.3 is 8.98 Å². The third-order valence-corrected chi connectivity index (χ3v) is 2.79. The number of nitrogens with zero attached hydrogens (tertiary/aromatic N) is 2. The lowest BCUT2D eigenvalue weighted by Crippen LogP contribution is -1.94. The van der Waals surface area contributed by atoms with Gasteiger partial charge in [0, 0.05) is 12.6 Å². The van der Waals surface area contributed by atoms with Crippen LogP contribution in [-0.4, -0.2) is 9.55 Å². The van der Waals surface area contributed by atoms with Crippen LogP contribution >= 0.6 is 0 Å². The van der Waals surface area contributed by atoms with Crippen molar-refractivity contribution in [1.82, 2.24) is 9.55 Å². The lowest BCUT2D eigenvalue weighted by Gasteiger charge is -2.03. The van der Waals surface area contributed by atoms with Gasteiger partial charge in [-0.1, -0.05) is 30.3 Å². The van der Waals surface area contributed by atoms with Crippen LogP contribution in [0.5, 0.6) is 0 Å². The number of benzene rings is 1. The second kappa shape index (κ2) is 3.94. The number of furan rings is 1. The van der Waals surface area contributed by atoms with Gasteiger partial charge in [0.05, 0.1) is 12.5 Å². The van der Waals surface area contributed by atoms with Gasteiger partial charge in [0.1, 0.15) is 11.5 Å². The standard InChI is InChI=1S/C14H12N2O/c1-16-12(13-8-5-9-17-13)10-15-14(16)11-6-3-2-4-7-11/h2-10H,1H3. The average molecular weight is 224 g/mol. The Kier molecular flexibility index (Phi) is 2.29. The summed E-state index contributed by atoms with van der Waals surface area (Å²) in [5, 5.41) is 0. The fraction of sp³-hybridized carbons (Fsp3) is 0.0714. The molecule has 84 valence electrons. The molecular weight excluding hydrogens is 212 g/mol. The van der Waals surface area contributed by atoms with E-state index in [4.69, 9.17) is 4.42 Å². The minimum atomic E-state index is 0.835. The molecule has 0 radical (unpaired) electrons. The molecule has 0 spiro atoms. The molecule has 0 saturated heterocycles. The van der Waals surface area contributed by atoms with Crippen molar-refractivity contribution in [2.24, 2.45) is 7.05 Å². The minimum Gasteiger partial charge on any atom is -0.463 e. The second-order valence-corrected chi connectivity index (χ2v) is 3.87. The molecule has 0 aliphatic rings. The van der Waals surface area contributed by atoms with Crippen LogP contribution in [0, 0.1) is 0 Å². The molecule has 2 heterocycles. The van der Waals surface area contributed by atoms with Crippen molar-refractivity contribution in [3.8, 4) is 22.8 Å². The van der Waals surface area contributed by atoms with Gasteiger partial charge in [-0.2, -0.15) is 0 Å². The highest BCUT2D eigenvalue weighted by Gasteiger charge is 2.11. The van der Waals surface area contributed by atoms with E-state index in [0.29, 0.717) is 0 Å². The van der Waals surface area contributed by atoms with E-state index in [1.165, 1.54) is 0 Å². The highest BCUT2D eigenvalue weighted by Crippen LogP contribution is 2.25. The Morgan fingerprint density at radius 3 is 2.59 bits per heavy atom. The van der Waals surface area contributed by atoms with Crippen molar-refractivity contribution in [3.05, 3.63) is 54.9 Å². The SMILES string of the molecule is Cn1c(-c2ccco2)cnc1-c1ccccc1. The van der Waals surface area contributed by atoms with Gasteiger partial charge in [0.2, 0.25) is 0 Å². The van der Waals surface area contributed by atoms with Crippen molar-refractivity contribution in [2.75, 3.05) is 0 Å². The molecule has 0 N–H and O–H groups in total. The van der Waals surface area contributed by atoms with Crippen molar-refractivity contribution in [2.45, 2.75) is 0 Å². The Balaban J connectivity index is 2.10. The monoisotopic (exact) mass is 224 g/mol. The molecule has 0 amide bonds. The van der Waals surface area contributed by atoms with E-state index in [1.54, 1.807) is 6.26 Å². The van der Waals surface area contributed by atoms with E-state index >= 15 is 0 Å². The summed E-state index contributed by atoms with van der Waals surface area (Å²) in [4.78, 5) is 4.44. The van der Waals surface area contributed by atoms with Crippen LogP contribution < -0.4 is 0 Å². The molecular formula is C14H12N2O. The highest BCUT2D eigenvalue weighted by molar-refractivity contribution is 5.62. The first-order valence-corrected chi connectivity index (χ1v) is 5.47. The maximum atomic E-state index is 5.39. The van der Waals surface area contributed by atoms with E-state index in [2.05, 4.69) is 4.98 Å². The number of hydrogen-bond acceptors (Lipinski definition) is 2. The van der Waals surface area contributed by atoms with E-state index in [0.717, 1.165) is 22.8 Å². The summed E-state index contributed by atoms with van der Waals surface area (Å²) in [5.74, 6) is 1.78. The Morgan fingerprint density at radius 1 is 1.06 bits per heavy atom. The van der Waals surface area contributed by atoms with Gasteiger partial charge in [-0.25, -0.2) is 4.98 Å². The van der Waals surface area contributed by atoms with E-state index in [9.17, 15) is 0 Å². The zero-order valence-electron chi connectivity index (χ0n) is 9.50. The molecule has 3 heteroatoms. The smallest absolute Gasteiger partial charge is 0.151 e. The maximum absolute atomic E-state index is 5.39. The molecule has 3 nitrogen and oxygen atoms in total. The van der Waals surface area contributed by atoms with Crippen LogP contribution in [0.3, 0.4) is 0 Å². The van der Waals surface area contributed by atoms with Gasteiger partial charge in [-0.3, -0.25) is 0 Å². The van der Waals surface area contributed by atoms with Crippen molar-refractivity contribution in [1.29, 1.82) is 0 Å². The molecule has 0 atom stereocenters. The lowest BCUT2D eigenvalue weighted by atomic mass is 10.2. The number of imidazole rings is 1. The van der Waals surface area contributed by atoms with Crippen LogP contribution in [0.2, 0.25) is 0 Å². The normalized spacial score (nSPS) is 10.6. The third kappa shape index (κ3) is 1.65. The van der Waals surface area contributed by atoms with Gasteiger partial charge >= 0.3 is 0 Å². The Hall–Kier alpha value is -2.29. The number of aromatic nitrogens is 2. The molecule has 0 bridgehead atoms. The van der Waals surface area contributed by atoms with Crippen LogP contribution in [0.25, 0.3) is 22.8 Å². The fourth-order valence-electron chi connectivity index (χ4n) is 1.92. The summed E-state index contributed by atoms with van der Waals surface area (Å²) < 4.78 is 7.42. The predicted molar refractivity (Wildman–Crippen MR) is 66.3 cm³/mol. The van der Waals surface area contributed by atoms with Gasteiger partial charge in [-0.05, 0) is 12.1 Å². The van der Waals surface area contributed by atoms with E-state index in [1.807, 2.05) is 60.3 Å². The predicted octanol–water partition coefficient (Wildman–Crippen LogP) is 3.35. The maximum Gasteiger partial charge on any atom is 0.151 e. The topological polar surface area (TPSA) is 31.0 Å².